The Balaban J connectivity index is 1.72. The Bertz CT molecular complexity index is 786. The van der Waals surface area contributed by atoms with Gasteiger partial charge in [0.15, 0.2) is 0 Å². The van der Waals surface area contributed by atoms with Crippen LogP contribution in [0.1, 0.15) is 17.5 Å². The van der Waals surface area contributed by atoms with Gasteiger partial charge in [0.05, 0.1) is 5.92 Å². The lowest BCUT2D eigenvalue weighted by molar-refractivity contribution is -0.122. The van der Waals surface area contributed by atoms with Crippen molar-refractivity contribution in [1.29, 1.82) is 0 Å². The number of halogens is 1. The van der Waals surface area contributed by atoms with E-state index in [2.05, 4.69) is 5.32 Å². The average molecular weight is 326 g/mol. The Morgan fingerprint density at radius 2 is 1.88 bits per heavy atom. The number of amides is 2. The number of carbonyl (C=O) groups excluding carboxylic acids is 2. The van der Waals surface area contributed by atoms with Gasteiger partial charge >= 0.3 is 0 Å². The van der Waals surface area contributed by atoms with Gasteiger partial charge < -0.3 is 10.2 Å². The van der Waals surface area contributed by atoms with Gasteiger partial charge in [-0.25, -0.2) is 4.39 Å². The van der Waals surface area contributed by atoms with E-state index in [9.17, 15) is 14.0 Å². The Labute approximate surface area is 140 Å². The van der Waals surface area contributed by atoms with E-state index in [1.807, 2.05) is 32.0 Å². The minimum atomic E-state index is -0.414. The maximum atomic E-state index is 13.0. The van der Waals surface area contributed by atoms with E-state index >= 15 is 0 Å². The van der Waals surface area contributed by atoms with Crippen molar-refractivity contribution >= 4 is 23.2 Å². The predicted molar refractivity (Wildman–Crippen MR) is 91.4 cm³/mol. The molecule has 0 spiro atoms. The van der Waals surface area contributed by atoms with Crippen molar-refractivity contribution in [3.8, 4) is 0 Å². The SMILES string of the molecule is Cc1ccc(C)c(NC(=O)[C@H]2CC(=O)N(c3ccc(F)cc3)C2)c1. The second-order valence-corrected chi connectivity index (χ2v) is 6.19. The largest absolute Gasteiger partial charge is 0.326 e. The minimum absolute atomic E-state index is 0.122. The van der Waals surface area contributed by atoms with Crippen molar-refractivity contribution in [2.45, 2.75) is 20.3 Å². The molecule has 1 heterocycles. The van der Waals surface area contributed by atoms with Crippen LogP contribution in [0.5, 0.6) is 0 Å². The average Bonchev–Trinajstić information content (AvgIpc) is 2.94. The maximum Gasteiger partial charge on any atom is 0.229 e. The molecule has 1 atom stereocenters. The summed E-state index contributed by atoms with van der Waals surface area (Å²) in [5, 5.41) is 2.92. The van der Waals surface area contributed by atoms with Crippen LogP contribution in [0.2, 0.25) is 0 Å². The fourth-order valence-electron chi connectivity index (χ4n) is 2.86. The standard InChI is InChI=1S/C19H19FN2O2/c1-12-3-4-13(2)17(9-12)21-19(24)14-10-18(23)22(11-14)16-7-5-15(20)6-8-16/h3-9,14H,10-11H2,1-2H3,(H,21,24)/t14-/m0/s1. The van der Waals surface area contributed by atoms with Gasteiger partial charge in [0.1, 0.15) is 5.82 Å². The molecule has 2 aromatic carbocycles. The fraction of sp³-hybridized carbons (Fsp3) is 0.263. The van der Waals surface area contributed by atoms with Crippen molar-refractivity contribution in [2.75, 3.05) is 16.8 Å². The molecule has 1 aliphatic heterocycles. The number of hydrogen-bond acceptors (Lipinski definition) is 2. The van der Waals surface area contributed by atoms with E-state index in [4.69, 9.17) is 0 Å². The molecule has 1 aliphatic rings. The number of nitrogens with zero attached hydrogens (tertiary/aromatic N) is 1. The Hall–Kier alpha value is -2.69. The summed E-state index contributed by atoms with van der Waals surface area (Å²) in [5.74, 6) is -1.05. The first kappa shape index (κ1) is 16.2. The monoisotopic (exact) mass is 326 g/mol. The van der Waals surface area contributed by atoms with Crippen molar-refractivity contribution in [3.63, 3.8) is 0 Å². The number of carbonyl (C=O) groups is 2. The topological polar surface area (TPSA) is 49.4 Å². The van der Waals surface area contributed by atoms with Gasteiger partial charge in [-0.2, -0.15) is 0 Å². The minimum Gasteiger partial charge on any atom is -0.326 e. The third kappa shape index (κ3) is 3.30. The molecule has 0 unspecified atom stereocenters. The van der Waals surface area contributed by atoms with E-state index in [0.29, 0.717) is 12.2 Å². The van der Waals surface area contributed by atoms with E-state index in [1.165, 1.54) is 17.0 Å². The Morgan fingerprint density at radius 3 is 2.58 bits per heavy atom. The second-order valence-electron chi connectivity index (χ2n) is 6.19. The Kier molecular flexibility index (Phi) is 4.34. The van der Waals surface area contributed by atoms with Crippen LogP contribution in [0.15, 0.2) is 42.5 Å². The first-order chi connectivity index (χ1) is 11.4. The third-order valence-corrected chi connectivity index (χ3v) is 4.29. The Morgan fingerprint density at radius 1 is 1.17 bits per heavy atom. The molecule has 2 aromatic rings. The molecule has 5 heteroatoms. The molecule has 1 saturated heterocycles. The number of hydrogen-bond donors (Lipinski definition) is 1. The molecule has 3 rings (SSSR count). The van der Waals surface area contributed by atoms with Crippen LogP contribution in [0.4, 0.5) is 15.8 Å². The number of aryl methyl sites for hydroxylation is 2. The molecule has 1 N–H and O–H groups in total. The zero-order chi connectivity index (χ0) is 17.3. The molecule has 0 aliphatic carbocycles. The molecule has 0 bridgehead atoms. The molecule has 124 valence electrons. The van der Waals surface area contributed by atoms with Gasteiger partial charge in [-0.1, -0.05) is 12.1 Å². The molecule has 0 saturated carbocycles. The number of anilines is 2. The van der Waals surface area contributed by atoms with Crippen molar-refractivity contribution < 1.29 is 14.0 Å². The van der Waals surface area contributed by atoms with Crippen LogP contribution in [0, 0.1) is 25.6 Å². The van der Waals surface area contributed by atoms with E-state index in [-0.39, 0.29) is 24.1 Å². The predicted octanol–water partition coefficient (Wildman–Crippen LogP) is 3.43. The molecule has 2 amide bonds. The summed E-state index contributed by atoms with van der Waals surface area (Å²) in [7, 11) is 0. The highest BCUT2D eigenvalue weighted by Gasteiger charge is 2.35. The molecule has 4 nitrogen and oxygen atoms in total. The highest BCUT2D eigenvalue weighted by Crippen LogP contribution is 2.27. The lowest BCUT2D eigenvalue weighted by Crippen LogP contribution is -2.28. The maximum absolute atomic E-state index is 13.0. The summed E-state index contributed by atoms with van der Waals surface area (Å²) < 4.78 is 13.0. The molecule has 0 radical (unpaired) electrons. The van der Waals surface area contributed by atoms with Gasteiger partial charge in [0.2, 0.25) is 11.8 Å². The van der Waals surface area contributed by atoms with Crippen molar-refractivity contribution in [2.24, 2.45) is 5.92 Å². The van der Waals surface area contributed by atoms with E-state index in [0.717, 1.165) is 16.8 Å². The summed E-state index contributed by atoms with van der Waals surface area (Å²) in [5.41, 5.74) is 3.43. The van der Waals surface area contributed by atoms with Gasteiger partial charge in [-0.3, -0.25) is 9.59 Å². The normalized spacial score (nSPS) is 17.2. The number of rotatable bonds is 3. The zero-order valence-corrected chi connectivity index (χ0v) is 13.7. The van der Waals surface area contributed by atoms with Gasteiger partial charge in [-0.05, 0) is 55.3 Å². The summed E-state index contributed by atoms with van der Waals surface area (Å²) in [4.78, 5) is 26.2. The third-order valence-electron chi connectivity index (χ3n) is 4.29. The summed E-state index contributed by atoms with van der Waals surface area (Å²) >= 11 is 0. The first-order valence-electron chi connectivity index (χ1n) is 7.88. The smallest absolute Gasteiger partial charge is 0.229 e. The lowest BCUT2D eigenvalue weighted by atomic mass is 10.1. The van der Waals surface area contributed by atoms with Crippen molar-refractivity contribution in [1.82, 2.24) is 0 Å². The van der Waals surface area contributed by atoms with Gasteiger partial charge in [-0.15, -0.1) is 0 Å². The fourth-order valence-corrected chi connectivity index (χ4v) is 2.86. The second kappa shape index (κ2) is 6.43. The summed E-state index contributed by atoms with van der Waals surface area (Å²) in [6.45, 7) is 4.20. The number of benzene rings is 2. The summed E-state index contributed by atoms with van der Waals surface area (Å²) in [6.07, 6.45) is 0.161. The van der Waals surface area contributed by atoms with Crippen LogP contribution in [0.3, 0.4) is 0 Å². The zero-order valence-electron chi connectivity index (χ0n) is 13.7. The van der Waals surface area contributed by atoms with Crippen LogP contribution in [0.25, 0.3) is 0 Å². The molecule has 24 heavy (non-hydrogen) atoms. The first-order valence-corrected chi connectivity index (χ1v) is 7.88. The van der Waals surface area contributed by atoms with E-state index < -0.39 is 5.92 Å². The highest BCUT2D eigenvalue weighted by atomic mass is 19.1. The van der Waals surface area contributed by atoms with Crippen LogP contribution >= 0.6 is 0 Å². The van der Waals surface area contributed by atoms with Crippen molar-refractivity contribution in [3.05, 3.63) is 59.4 Å². The van der Waals surface area contributed by atoms with Crippen LogP contribution < -0.4 is 10.2 Å². The number of nitrogens with one attached hydrogen (secondary N) is 1. The van der Waals surface area contributed by atoms with Gasteiger partial charge in [0.25, 0.3) is 0 Å². The highest BCUT2D eigenvalue weighted by molar-refractivity contribution is 6.03. The van der Waals surface area contributed by atoms with Gasteiger partial charge in [0, 0.05) is 24.3 Å². The molecule has 1 fully saturated rings. The molecule has 0 aromatic heterocycles. The summed E-state index contributed by atoms with van der Waals surface area (Å²) in [6, 6.07) is 11.6. The van der Waals surface area contributed by atoms with Crippen LogP contribution in [-0.4, -0.2) is 18.4 Å². The van der Waals surface area contributed by atoms with Crippen LogP contribution in [-0.2, 0) is 9.59 Å². The van der Waals surface area contributed by atoms with E-state index in [1.54, 1.807) is 12.1 Å². The molecular formula is C19H19FN2O2. The molecular weight excluding hydrogens is 307 g/mol. The quantitative estimate of drug-likeness (QED) is 0.939. The lowest BCUT2D eigenvalue weighted by Gasteiger charge is -2.17.